The lowest BCUT2D eigenvalue weighted by Gasteiger charge is -2.42. The Morgan fingerprint density at radius 3 is 2.45 bits per heavy atom. The first-order valence-corrected chi connectivity index (χ1v) is 15.1. The second-order valence-electron chi connectivity index (χ2n) is 9.60. The SMILES string of the molecule is NCc1ccnc(S(=O)(=O)N2CC(C3CCCCC3)C[C@H](C(=O)N3CCS(=O)(=O)CC3)C2)c1. The van der Waals surface area contributed by atoms with Crippen LogP contribution < -0.4 is 5.73 Å². The number of hydrogen-bond acceptors (Lipinski definition) is 7. The van der Waals surface area contributed by atoms with E-state index in [9.17, 15) is 21.6 Å². The molecule has 0 spiro atoms. The van der Waals surface area contributed by atoms with Gasteiger partial charge in [-0.15, -0.1) is 0 Å². The number of nitrogens with zero attached hydrogens (tertiary/aromatic N) is 3. The van der Waals surface area contributed by atoms with Crippen LogP contribution in [-0.2, 0) is 31.2 Å². The van der Waals surface area contributed by atoms with E-state index >= 15 is 0 Å². The number of sulfone groups is 1. The predicted molar refractivity (Wildman–Crippen MR) is 124 cm³/mol. The standard InChI is InChI=1S/C22H34N4O5S2/c23-14-17-6-7-24-21(12-17)33(30,31)26-15-19(18-4-2-1-3-5-18)13-20(16-26)22(27)25-8-10-32(28,29)11-9-25/h6-7,12,18-20H,1-5,8-11,13-16,23H2/t19?,20-/m0/s1. The molecule has 3 aliphatic rings. The van der Waals surface area contributed by atoms with E-state index in [0.29, 0.717) is 24.4 Å². The molecule has 4 rings (SSSR count). The summed E-state index contributed by atoms with van der Waals surface area (Å²) in [5.41, 5.74) is 6.38. The minimum absolute atomic E-state index is 0.0324. The average Bonchev–Trinajstić information content (AvgIpc) is 2.84. The summed E-state index contributed by atoms with van der Waals surface area (Å²) in [6.45, 7) is 1.06. The second-order valence-corrected chi connectivity index (χ2v) is 13.8. The van der Waals surface area contributed by atoms with E-state index in [4.69, 9.17) is 5.73 Å². The number of nitrogens with two attached hydrogens (primary N) is 1. The number of aromatic nitrogens is 1. The van der Waals surface area contributed by atoms with E-state index in [-0.39, 0.29) is 54.5 Å². The van der Waals surface area contributed by atoms with Crippen molar-refractivity contribution in [2.75, 3.05) is 37.7 Å². The topological polar surface area (TPSA) is 131 Å². The summed E-state index contributed by atoms with van der Waals surface area (Å²) >= 11 is 0. The summed E-state index contributed by atoms with van der Waals surface area (Å²) in [5, 5.41) is -0.0370. The van der Waals surface area contributed by atoms with Gasteiger partial charge in [0, 0.05) is 38.9 Å². The third-order valence-electron chi connectivity index (χ3n) is 7.41. The zero-order valence-electron chi connectivity index (χ0n) is 18.9. The first-order valence-electron chi connectivity index (χ1n) is 11.8. The molecule has 1 aromatic rings. The molecule has 0 radical (unpaired) electrons. The summed E-state index contributed by atoms with van der Waals surface area (Å²) in [6.07, 6.45) is 7.69. The Morgan fingerprint density at radius 1 is 1.09 bits per heavy atom. The van der Waals surface area contributed by atoms with Crippen molar-refractivity contribution in [1.29, 1.82) is 0 Å². The predicted octanol–water partition coefficient (Wildman–Crippen LogP) is 1.00. The maximum Gasteiger partial charge on any atom is 0.260 e. The van der Waals surface area contributed by atoms with Crippen LogP contribution in [0.5, 0.6) is 0 Å². The van der Waals surface area contributed by atoms with Gasteiger partial charge in [-0.25, -0.2) is 21.8 Å². The normalized spacial score (nSPS) is 27.4. The highest BCUT2D eigenvalue weighted by Gasteiger charge is 2.42. The minimum Gasteiger partial charge on any atom is -0.340 e. The Kier molecular flexibility index (Phi) is 7.42. The van der Waals surface area contributed by atoms with Gasteiger partial charge in [0.25, 0.3) is 10.0 Å². The van der Waals surface area contributed by atoms with Gasteiger partial charge in [-0.1, -0.05) is 32.1 Å². The van der Waals surface area contributed by atoms with Crippen LogP contribution >= 0.6 is 0 Å². The van der Waals surface area contributed by atoms with Crippen molar-refractivity contribution in [3.63, 3.8) is 0 Å². The number of piperidine rings is 1. The molecule has 0 bridgehead atoms. The van der Waals surface area contributed by atoms with E-state index in [0.717, 1.165) is 25.7 Å². The van der Waals surface area contributed by atoms with Crippen LogP contribution in [0.1, 0.15) is 44.1 Å². The van der Waals surface area contributed by atoms with Gasteiger partial charge in [0.05, 0.1) is 17.4 Å². The maximum atomic E-state index is 13.5. The fraction of sp³-hybridized carbons (Fsp3) is 0.727. The number of sulfonamides is 1. The van der Waals surface area contributed by atoms with Gasteiger partial charge in [0.1, 0.15) is 0 Å². The molecule has 0 aromatic carbocycles. The summed E-state index contributed by atoms with van der Waals surface area (Å²) in [5.74, 6) is -0.163. The highest BCUT2D eigenvalue weighted by molar-refractivity contribution is 7.91. The smallest absolute Gasteiger partial charge is 0.260 e. The van der Waals surface area contributed by atoms with Gasteiger partial charge in [-0.3, -0.25) is 4.79 Å². The molecule has 2 N–H and O–H groups in total. The lowest BCUT2D eigenvalue weighted by molar-refractivity contribution is -0.137. The lowest BCUT2D eigenvalue weighted by Crippen LogP contribution is -2.53. The fourth-order valence-corrected chi connectivity index (χ4v) is 8.18. The minimum atomic E-state index is -3.88. The molecule has 1 unspecified atom stereocenters. The van der Waals surface area contributed by atoms with Gasteiger partial charge in [-0.05, 0) is 36.0 Å². The highest BCUT2D eigenvalue weighted by Crippen LogP contribution is 2.38. The quantitative estimate of drug-likeness (QED) is 0.641. The third kappa shape index (κ3) is 5.58. The number of carbonyl (C=O) groups is 1. The van der Waals surface area contributed by atoms with E-state index < -0.39 is 25.8 Å². The van der Waals surface area contributed by atoms with Gasteiger partial charge in [0.2, 0.25) is 5.91 Å². The van der Waals surface area contributed by atoms with Gasteiger partial charge in [-0.2, -0.15) is 4.31 Å². The number of amides is 1. The molecular weight excluding hydrogens is 464 g/mol. The number of pyridine rings is 1. The monoisotopic (exact) mass is 498 g/mol. The third-order valence-corrected chi connectivity index (χ3v) is 10.7. The first-order chi connectivity index (χ1) is 15.7. The van der Waals surface area contributed by atoms with Crippen molar-refractivity contribution < 1.29 is 21.6 Å². The van der Waals surface area contributed by atoms with Crippen molar-refractivity contribution in [3.8, 4) is 0 Å². The highest BCUT2D eigenvalue weighted by atomic mass is 32.2. The van der Waals surface area contributed by atoms with E-state index in [2.05, 4.69) is 4.98 Å². The van der Waals surface area contributed by atoms with E-state index in [1.165, 1.54) is 23.0 Å². The van der Waals surface area contributed by atoms with Crippen LogP contribution in [-0.4, -0.2) is 74.6 Å². The number of rotatable bonds is 5. The van der Waals surface area contributed by atoms with Crippen molar-refractivity contribution in [2.45, 2.75) is 50.1 Å². The molecule has 3 heterocycles. The Balaban J connectivity index is 1.58. The molecule has 3 fully saturated rings. The van der Waals surface area contributed by atoms with Gasteiger partial charge in [0.15, 0.2) is 14.9 Å². The molecular formula is C22H34N4O5S2. The molecule has 184 valence electrons. The molecule has 1 aromatic heterocycles. The van der Waals surface area contributed by atoms with Crippen LogP contribution in [0.2, 0.25) is 0 Å². The number of carbonyl (C=O) groups excluding carboxylic acids is 1. The van der Waals surface area contributed by atoms with Gasteiger partial charge >= 0.3 is 0 Å². The summed E-state index contributed by atoms with van der Waals surface area (Å²) in [6, 6.07) is 3.20. The van der Waals surface area contributed by atoms with Crippen molar-refractivity contribution in [3.05, 3.63) is 23.9 Å². The lowest BCUT2D eigenvalue weighted by atomic mass is 9.74. The van der Waals surface area contributed by atoms with Crippen LogP contribution in [0, 0.1) is 17.8 Å². The molecule has 2 saturated heterocycles. The zero-order chi connectivity index (χ0) is 23.6. The Labute approximate surface area is 196 Å². The molecule has 2 aliphatic heterocycles. The molecule has 33 heavy (non-hydrogen) atoms. The fourth-order valence-electron chi connectivity index (χ4n) is 5.46. The molecule has 11 heteroatoms. The summed E-state index contributed by atoms with van der Waals surface area (Å²) < 4.78 is 52.1. The first kappa shape index (κ1) is 24.6. The van der Waals surface area contributed by atoms with Gasteiger partial charge < -0.3 is 10.6 Å². The van der Waals surface area contributed by atoms with Crippen LogP contribution in [0.15, 0.2) is 23.4 Å². The van der Waals surface area contributed by atoms with E-state index in [1.807, 2.05) is 0 Å². The summed E-state index contributed by atoms with van der Waals surface area (Å²) in [7, 11) is -6.99. The Hall–Kier alpha value is -1.56. The zero-order valence-corrected chi connectivity index (χ0v) is 20.6. The molecule has 2 atom stereocenters. The second kappa shape index (κ2) is 9.97. The Bertz CT molecular complexity index is 1060. The van der Waals surface area contributed by atoms with Crippen LogP contribution in [0.3, 0.4) is 0 Å². The van der Waals surface area contributed by atoms with E-state index in [1.54, 1.807) is 11.0 Å². The summed E-state index contributed by atoms with van der Waals surface area (Å²) in [4.78, 5) is 19.1. The average molecular weight is 499 g/mol. The van der Waals surface area contributed by atoms with Crippen molar-refractivity contribution >= 4 is 25.8 Å². The Morgan fingerprint density at radius 2 is 1.79 bits per heavy atom. The van der Waals surface area contributed by atoms with Crippen LogP contribution in [0.25, 0.3) is 0 Å². The van der Waals surface area contributed by atoms with Crippen molar-refractivity contribution in [1.82, 2.24) is 14.2 Å². The molecule has 1 aliphatic carbocycles. The molecule has 1 amide bonds. The molecule has 1 saturated carbocycles. The van der Waals surface area contributed by atoms with Crippen LogP contribution in [0.4, 0.5) is 0 Å². The number of hydrogen-bond donors (Lipinski definition) is 1. The molecule has 9 nitrogen and oxygen atoms in total. The largest absolute Gasteiger partial charge is 0.340 e. The maximum absolute atomic E-state index is 13.5. The van der Waals surface area contributed by atoms with Crippen molar-refractivity contribution in [2.24, 2.45) is 23.5 Å².